The summed E-state index contributed by atoms with van der Waals surface area (Å²) in [5, 5.41) is 10.6. The number of imidazole rings is 1. The van der Waals surface area contributed by atoms with Crippen molar-refractivity contribution in [1.29, 1.82) is 0 Å². The van der Waals surface area contributed by atoms with Gasteiger partial charge in [-0.3, -0.25) is 9.63 Å². The topological polar surface area (TPSA) is 105 Å². The number of methoxy groups -OCH3 is 2. The number of pyridine rings is 1. The summed E-state index contributed by atoms with van der Waals surface area (Å²) >= 11 is 1.33. The summed E-state index contributed by atoms with van der Waals surface area (Å²) in [6.45, 7) is 2.04. The second kappa shape index (κ2) is 8.16. The lowest BCUT2D eigenvalue weighted by atomic mass is 10.3. The highest BCUT2D eigenvalue weighted by Crippen LogP contribution is 2.30. The lowest BCUT2D eigenvalue weighted by Gasteiger charge is -2.17. The number of likely N-dealkylation sites (N-methyl/N-ethyl adjacent to an activating group) is 1. The smallest absolute Gasteiger partial charge is 0.294 e. The summed E-state index contributed by atoms with van der Waals surface area (Å²) in [5.74, 6) is 0.695. The van der Waals surface area contributed by atoms with Gasteiger partial charge in [-0.15, -0.1) is 5.10 Å². The highest BCUT2D eigenvalue weighted by atomic mass is 32.1. The summed E-state index contributed by atoms with van der Waals surface area (Å²) in [6, 6.07) is 3.53. The van der Waals surface area contributed by atoms with Crippen LogP contribution in [0.2, 0.25) is 0 Å². The summed E-state index contributed by atoms with van der Waals surface area (Å²) in [4.78, 5) is 22.5. The minimum atomic E-state index is -0.296. The van der Waals surface area contributed by atoms with Gasteiger partial charge in [0.15, 0.2) is 6.61 Å². The van der Waals surface area contributed by atoms with E-state index in [-0.39, 0.29) is 12.5 Å². The minimum absolute atomic E-state index is 0.186. The Labute approximate surface area is 175 Å². The first-order chi connectivity index (χ1) is 14.6. The second-order valence-corrected chi connectivity index (χ2v) is 7.01. The van der Waals surface area contributed by atoms with Crippen LogP contribution in [-0.2, 0) is 9.63 Å². The van der Waals surface area contributed by atoms with E-state index in [9.17, 15) is 4.79 Å². The number of nitrogens with zero attached hydrogens (tertiary/aromatic N) is 6. The first-order valence-corrected chi connectivity index (χ1v) is 9.83. The van der Waals surface area contributed by atoms with Crippen LogP contribution in [0.5, 0.6) is 16.7 Å². The van der Waals surface area contributed by atoms with Crippen molar-refractivity contribution in [2.45, 2.75) is 6.92 Å². The predicted octanol–water partition coefficient (Wildman–Crippen LogP) is 1.91. The monoisotopic (exact) mass is 432 g/mol. The maximum absolute atomic E-state index is 12.2. The Morgan fingerprint density at radius 1 is 1.10 bits per heavy atom. The summed E-state index contributed by atoms with van der Waals surface area (Å²) < 4.78 is 19.5. The first-order valence-electron chi connectivity index (χ1n) is 9.01. The van der Waals surface area contributed by atoms with E-state index in [1.807, 2.05) is 13.0 Å². The van der Waals surface area contributed by atoms with E-state index in [0.29, 0.717) is 45.1 Å². The van der Waals surface area contributed by atoms with Crippen LogP contribution in [0.15, 0.2) is 24.5 Å². The van der Waals surface area contributed by atoms with Gasteiger partial charge in [-0.05, 0) is 24.3 Å². The fourth-order valence-corrected chi connectivity index (χ4v) is 3.60. The van der Waals surface area contributed by atoms with Crippen molar-refractivity contribution < 1.29 is 23.8 Å². The zero-order valence-corrected chi connectivity index (χ0v) is 17.7. The average molecular weight is 432 g/mol. The van der Waals surface area contributed by atoms with Crippen LogP contribution < -0.4 is 14.2 Å². The molecule has 30 heavy (non-hydrogen) atoms. The maximum atomic E-state index is 12.2. The Hall–Kier alpha value is -3.38. The van der Waals surface area contributed by atoms with Gasteiger partial charge in [-0.2, -0.15) is 5.10 Å². The number of hydrogen-bond donors (Lipinski definition) is 0. The molecule has 0 fully saturated rings. The Balaban J connectivity index is 1.67. The van der Waals surface area contributed by atoms with Crippen LogP contribution in [0.1, 0.15) is 6.92 Å². The van der Waals surface area contributed by atoms with Gasteiger partial charge in [0.05, 0.1) is 33.7 Å². The number of hydroxylamine groups is 2. The third-order valence-electron chi connectivity index (χ3n) is 4.35. The zero-order chi connectivity index (χ0) is 21.3. The third kappa shape index (κ3) is 3.62. The van der Waals surface area contributed by atoms with Crippen LogP contribution in [0.25, 0.3) is 21.9 Å². The van der Waals surface area contributed by atoms with E-state index in [1.54, 1.807) is 41.7 Å². The molecular formula is C18H20N6O5S. The van der Waals surface area contributed by atoms with Gasteiger partial charge in [0, 0.05) is 12.6 Å². The molecule has 4 aromatic heterocycles. The van der Waals surface area contributed by atoms with Crippen molar-refractivity contribution in [2.24, 2.45) is 0 Å². The van der Waals surface area contributed by atoms with Gasteiger partial charge in [-0.25, -0.2) is 19.1 Å². The molecular weight excluding hydrogens is 412 g/mol. The van der Waals surface area contributed by atoms with Crippen molar-refractivity contribution in [3.63, 3.8) is 0 Å². The highest BCUT2D eigenvalue weighted by Gasteiger charge is 2.17. The molecule has 0 unspecified atom stereocenters. The van der Waals surface area contributed by atoms with Gasteiger partial charge in [-0.1, -0.05) is 0 Å². The predicted molar refractivity (Wildman–Crippen MR) is 108 cm³/mol. The molecule has 0 aliphatic carbocycles. The highest BCUT2D eigenvalue weighted by molar-refractivity contribution is 7.18. The molecule has 0 saturated heterocycles. The molecule has 0 aromatic carbocycles. The minimum Gasteiger partial charge on any atom is -0.495 e. The zero-order valence-electron chi connectivity index (χ0n) is 16.9. The van der Waals surface area contributed by atoms with E-state index in [1.165, 1.54) is 23.5 Å². The molecule has 4 aromatic rings. The van der Waals surface area contributed by atoms with Gasteiger partial charge in [0.1, 0.15) is 28.4 Å². The van der Waals surface area contributed by atoms with E-state index >= 15 is 0 Å². The molecule has 11 nitrogen and oxygen atoms in total. The number of rotatable bonds is 8. The van der Waals surface area contributed by atoms with Crippen molar-refractivity contribution >= 4 is 27.7 Å². The van der Waals surface area contributed by atoms with Crippen molar-refractivity contribution in [1.82, 2.24) is 29.3 Å². The maximum Gasteiger partial charge on any atom is 0.294 e. The third-order valence-corrected chi connectivity index (χ3v) is 5.23. The van der Waals surface area contributed by atoms with Crippen LogP contribution in [0.3, 0.4) is 0 Å². The molecule has 0 radical (unpaired) electrons. The van der Waals surface area contributed by atoms with Crippen LogP contribution in [0.4, 0.5) is 0 Å². The molecule has 12 heteroatoms. The Kier molecular flexibility index (Phi) is 5.42. The molecule has 0 atom stereocenters. The lowest BCUT2D eigenvalue weighted by Crippen LogP contribution is -2.33. The van der Waals surface area contributed by atoms with Crippen LogP contribution in [-0.4, -0.2) is 69.7 Å². The number of amides is 1. The standard InChI is InChI=1S/C18H20N6O5S/c1-5-24(28-4)16(25)10-29-15-6-11(26-2)8-22-14(15)7-12(20-22)13-9-23-17(19-13)30-18(21-23)27-3/h6-9H,5,10H2,1-4H3. The molecule has 0 N–H and O–H groups in total. The molecule has 0 spiro atoms. The molecule has 0 saturated carbocycles. The Morgan fingerprint density at radius 2 is 1.93 bits per heavy atom. The average Bonchev–Trinajstić information content (AvgIpc) is 3.44. The van der Waals surface area contributed by atoms with Gasteiger partial charge < -0.3 is 14.2 Å². The van der Waals surface area contributed by atoms with Crippen molar-refractivity contribution in [2.75, 3.05) is 34.5 Å². The fraction of sp³-hybridized carbons (Fsp3) is 0.333. The molecule has 4 heterocycles. The summed E-state index contributed by atoms with van der Waals surface area (Å²) in [6.07, 6.45) is 3.50. The van der Waals surface area contributed by atoms with Gasteiger partial charge in [0.2, 0.25) is 4.96 Å². The number of fused-ring (bicyclic) bond motifs is 2. The number of carbonyl (C=O) groups is 1. The Bertz CT molecular complexity index is 1160. The number of carbonyl (C=O) groups excluding carboxylic acids is 1. The molecule has 158 valence electrons. The Morgan fingerprint density at radius 3 is 2.60 bits per heavy atom. The number of aromatic nitrogens is 5. The number of ether oxygens (including phenoxy) is 3. The van der Waals surface area contributed by atoms with Gasteiger partial charge >= 0.3 is 0 Å². The second-order valence-electron chi connectivity index (χ2n) is 6.09. The van der Waals surface area contributed by atoms with Gasteiger partial charge in [0.25, 0.3) is 11.1 Å². The van der Waals surface area contributed by atoms with E-state index < -0.39 is 0 Å². The van der Waals surface area contributed by atoms with Crippen molar-refractivity contribution in [3.05, 3.63) is 24.5 Å². The van der Waals surface area contributed by atoms with Crippen molar-refractivity contribution in [3.8, 4) is 28.1 Å². The molecule has 4 rings (SSSR count). The summed E-state index contributed by atoms with van der Waals surface area (Å²) in [7, 11) is 4.55. The fourth-order valence-electron chi connectivity index (χ4n) is 2.90. The number of hydrogen-bond acceptors (Lipinski definition) is 9. The largest absolute Gasteiger partial charge is 0.495 e. The van der Waals surface area contributed by atoms with E-state index in [0.717, 1.165) is 0 Å². The van der Waals surface area contributed by atoms with Crippen LogP contribution >= 0.6 is 11.3 Å². The first kappa shape index (κ1) is 19.9. The lowest BCUT2D eigenvalue weighted by molar-refractivity contribution is -0.176. The molecule has 0 aliphatic rings. The molecule has 1 amide bonds. The quantitative estimate of drug-likeness (QED) is 0.389. The summed E-state index contributed by atoms with van der Waals surface area (Å²) in [5.41, 5.74) is 1.95. The molecule has 0 aliphatic heterocycles. The van der Waals surface area contributed by atoms with E-state index in [4.69, 9.17) is 19.0 Å². The molecule has 0 bridgehead atoms. The normalized spacial score (nSPS) is 11.2. The SMILES string of the molecule is CCN(OC)C(=O)COc1cc(OC)cn2nc(-c3cn4nc(OC)sc4n3)cc12. The van der Waals surface area contributed by atoms with Crippen LogP contribution in [0, 0.1) is 0 Å². The van der Waals surface area contributed by atoms with E-state index in [2.05, 4.69) is 15.2 Å².